The summed E-state index contributed by atoms with van der Waals surface area (Å²) in [6.45, 7) is 7.83. The molecule has 1 N–H and O–H groups in total. The van der Waals surface area contributed by atoms with E-state index < -0.39 is 24.5 Å². The first-order valence-corrected chi connectivity index (χ1v) is 11.4. The fourth-order valence-electron chi connectivity index (χ4n) is 4.04. The van der Waals surface area contributed by atoms with Gasteiger partial charge >= 0.3 is 5.97 Å². The number of carbonyl (C=O) groups is 3. The van der Waals surface area contributed by atoms with Crippen molar-refractivity contribution < 1.29 is 33.0 Å². The summed E-state index contributed by atoms with van der Waals surface area (Å²) in [4.78, 5) is 37.9. The molecule has 0 unspecified atom stereocenters. The second-order valence-corrected chi connectivity index (χ2v) is 8.65. The average Bonchev–Trinajstić information content (AvgIpc) is 3.48. The molecule has 0 saturated carbocycles. The summed E-state index contributed by atoms with van der Waals surface area (Å²) in [5.41, 5.74) is 2.85. The van der Waals surface area contributed by atoms with Gasteiger partial charge in [-0.15, -0.1) is 0 Å². The number of hydrogen-bond acceptors (Lipinski definition) is 7. The van der Waals surface area contributed by atoms with Crippen molar-refractivity contribution in [3.8, 4) is 17.2 Å². The maximum atomic E-state index is 13.0. The van der Waals surface area contributed by atoms with Gasteiger partial charge in [0.2, 0.25) is 5.78 Å². The zero-order chi connectivity index (χ0) is 25.1. The lowest BCUT2D eigenvalue weighted by atomic mass is 10.0. The number of nitrogens with zero attached hydrogens (tertiary/aromatic N) is 1. The molecule has 0 fully saturated rings. The van der Waals surface area contributed by atoms with Gasteiger partial charge < -0.3 is 28.5 Å². The molecule has 3 heterocycles. The molecule has 0 spiro atoms. The third kappa shape index (κ3) is 5.08. The van der Waals surface area contributed by atoms with E-state index in [1.54, 1.807) is 26.0 Å². The minimum absolute atomic E-state index is 0.0890. The molecule has 0 bridgehead atoms. The molecule has 1 aliphatic heterocycles. The Kier molecular flexibility index (Phi) is 6.95. The first kappa shape index (κ1) is 24.1. The van der Waals surface area contributed by atoms with Crippen molar-refractivity contribution in [3.63, 3.8) is 0 Å². The maximum absolute atomic E-state index is 13.0. The number of hydrogen-bond donors (Lipinski definition) is 1. The van der Waals surface area contributed by atoms with E-state index in [-0.39, 0.29) is 17.5 Å². The van der Waals surface area contributed by atoms with Crippen LogP contribution in [0.25, 0.3) is 5.69 Å². The molecule has 0 saturated heterocycles. The molecule has 1 atom stereocenters. The number of Topliss-reactive ketones (excluding diaryl/α,β-unsaturated/α-hetero) is 1. The molecular formula is C26H28N2O7. The van der Waals surface area contributed by atoms with E-state index in [0.29, 0.717) is 36.0 Å². The van der Waals surface area contributed by atoms with Crippen molar-refractivity contribution in [1.29, 1.82) is 0 Å². The maximum Gasteiger partial charge on any atom is 0.329 e. The fraction of sp³-hybridized carbons (Fsp3) is 0.346. The second-order valence-electron chi connectivity index (χ2n) is 8.65. The van der Waals surface area contributed by atoms with Crippen molar-refractivity contribution in [2.75, 3.05) is 19.8 Å². The molecule has 0 aliphatic carbocycles. The van der Waals surface area contributed by atoms with Gasteiger partial charge in [0.05, 0.1) is 6.26 Å². The molecule has 1 aliphatic rings. The summed E-state index contributed by atoms with van der Waals surface area (Å²) in [5, 5.41) is 2.61. The number of nitrogens with one attached hydrogen (secondary N) is 1. The lowest BCUT2D eigenvalue weighted by Crippen LogP contribution is -2.45. The predicted molar refractivity (Wildman–Crippen MR) is 126 cm³/mol. The van der Waals surface area contributed by atoms with Crippen molar-refractivity contribution in [2.45, 2.75) is 33.7 Å². The van der Waals surface area contributed by atoms with Gasteiger partial charge in [-0.1, -0.05) is 13.8 Å². The predicted octanol–water partition coefficient (Wildman–Crippen LogP) is 3.64. The number of esters is 1. The van der Waals surface area contributed by atoms with Gasteiger partial charge in [0.25, 0.3) is 5.91 Å². The number of aryl methyl sites for hydroxylation is 1. The van der Waals surface area contributed by atoms with Crippen LogP contribution in [-0.2, 0) is 9.53 Å². The van der Waals surface area contributed by atoms with Crippen molar-refractivity contribution in [1.82, 2.24) is 9.88 Å². The Morgan fingerprint density at radius 3 is 2.49 bits per heavy atom. The first-order valence-electron chi connectivity index (χ1n) is 11.4. The van der Waals surface area contributed by atoms with Crippen LogP contribution in [0.15, 0.2) is 47.1 Å². The average molecular weight is 481 g/mol. The highest BCUT2D eigenvalue weighted by molar-refractivity contribution is 6.00. The van der Waals surface area contributed by atoms with Gasteiger partial charge in [-0.2, -0.15) is 0 Å². The van der Waals surface area contributed by atoms with Crippen LogP contribution in [0.3, 0.4) is 0 Å². The van der Waals surface area contributed by atoms with Crippen molar-refractivity contribution in [2.24, 2.45) is 5.92 Å². The van der Waals surface area contributed by atoms with E-state index in [1.807, 2.05) is 36.6 Å². The van der Waals surface area contributed by atoms with Gasteiger partial charge in [0, 0.05) is 28.7 Å². The summed E-state index contributed by atoms with van der Waals surface area (Å²) in [7, 11) is 0. The molecular weight excluding hydrogens is 452 g/mol. The van der Waals surface area contributed by atoms with Crippen LogP contribution in [0.1, 0.15) is 46.1 Å². The van der Waals surface area contributed by atoms with Gasteiger partial charge in [-0.25, -0.2) is 4.79 Å². The Balaban J connectivity index is 1.45. The largest absolute Gasteiger partial charge is 0.486 e. The Labute approximate surface area is 203 Å². The fourth-order valence-corrected chi connectivity index (χ4v) is 4.04. The smallest absolute Gasteiger partial charge is 0.329 e. The summed E-state index contributed by atoms with van der Waals surface area (Å²) in [6, 6.07) is 9.53. The van der Waals surface area contributed by atoms with Crippen molar-refractivity contribution >= 4 is 17.7 Å². The lowest BCUT2D eigenvalue weighted by molar-refractivity contribution is -0.145. The molecule has 2 aromatic heterocycles. The van der Waals surface area contributed by atoms with Crippen molar-refractivity contribution in [3.05, 3.63) is 65.4 Å². The molecule has 4 rings (SSSR count). The third-order valence-corrected chi connectivity index (χ3v) is 5.81. The summed E-state index contributed by atoms with van der Waals surface area (Å²) in [6.07, 6.45) is 1.37. The Bertz CT molecular complexity index is 1240. The number of ether oxygens (including phenoxy) is 3. The number of aromatic nitrogens is 1. The lowest BCUT2D eigenvalue weighted by Gasteiger charge is -2.20. The third-order valence-electron chi connectivity index (χ3n) is 5.81. The van der Waals surface area contributed by atoms with E-state index in [1.165, 1.54) is 12.3 Å². The summed E-state index contributed by atoms with van der Waals surface area (Å²) < 4.78 is 23.6. The van der Waals surface area contributed by atoms with Crippen LogP contribution < -0.4 is 14.8 Å². The van der Waals surface area contributed by atoms with Crippen LogP contribution in [0.2, 0.25) is 0 Å². The normalized spacial score (nSPS) is 13.4. The van der Waals surface area contributed by atoms with Gasteiger partial charge in [0.15, 0.2) is 23.9 Å². The van der Waals surface area contributed by atoms with E-state index in [9.17, 15) is 14.4 Å². The zero-order valence-electron chi connectivity index (χ0n) is 20.1. The van der Waals surface area contributed by atoms with Crippen LogP contribution in [0.5, 0.6) is 11.5 Å². The standard InChI is InChI=1S/C26H28N2O7/c1-15(2)24(27-25(30)22-6-5-9-32-22)26(31)35-14-20(29)19-12-16(3)28(17(19)4)18-7-8-21-23(13-18)34-11-10-33-21/h5-9,12-13,15,24H,10-11,14H2,1-4H3,(H,27,30)/t24-/m0/s1. The van der Waals surface area contributed by atoms with E-state index in [4.69, 9.17) is 18.6 Å². The summed E-state index contributed by atoms with van der Waals surface area (Å²) >= 11 is 0. The SMILES string of the molecule is Cc1cc(C(=O)COC(=O)[C@@H](NC(=O)c2ccco2)C(C)C)c(C)n1-c1ccc2c(c1)OCCO2. The van der Waals surface area contributed by atoms with E-state index in [2.05, 4.69) is 5.32 Å². The molecule has 9 heteroatoms. The number of benzene rings is 1. The quantitative estimate of drug-likeness (QED) is 0.387. The minimum Gasteiger partial charge on any atom is -0.486 e. The summed E-state index contributed by atoms with van der Waals surface area (Å²) in [5.74, 6) is -0.379. The van der Waals surface area contributed by atoms with E-state index in [0.717, 1.165) is 11.4 Å². The highest BCUT2D eigenvalue weighted by Gasteiger charge is 2.28. The molecule has 1 amide bonds. The Hall–Kier alpha value is -4.01. The Morgan fingerprint density at radius 1 is 1.06 bits per heavy atom. The number of ketones is 1. The zero-order valence-corrected chi connectivity index (χ0v) is 20.1. The minimum atomic E-state index is -0.925. The molecule has 3 aromatic rings. The molecule has 184 valence electrons. The monoisotopic (exact) mass is 480 g/mol. The van der Waals surface area contributed by atoms with Crippen LogP contribution >= 0.6 is 0 Å². The second kappa shape index (κ2) is 10.1. The number of fused-ring (bicyclic) bond motifs is 1. The highest BCUT2D eigenvalue weighted by atomic mass is 16.6. The van der Waals surface area contributed by atoms with Gasteiger partial charge in [-0.05, 0) is 50.1 Å². The highest BCUT2D eigenvalue weighted by Crippen LogP contribution is 2.33. The number of furan rings is 1. The topological polar surface area (TPSA) is 109 Å². The number of carbonyl (C=O) groups excluding carboxylic acids is 3. The van der Waals surface area contributed by atoms with Gasteiger partial charge in [0.1, 0.15) is 19.3 Å². The van der Waals surface area contributed by atoms with Crippen LogP contribution in [0, 0.1) is 19.8 Å². The molecule has 9 nitrogen and oxygen atoms in total. The number of rotatable bonds is 8. The number of amides is 1. The molecule has 35 heavy (non-hydrogen) atoms. The molecule has 1 aromatic carbocycles. The van der Waals surface area contributed by atoms with Crippen LogP contribution in [-0.4, -0.2) is 48.1 Å². The van der Waals surface area contributed by atoms with Gasteiger partial charge in [-0.3, -0.25) is 9.59 Å². The van der Waals surface area contributed by atoms with Crippen LogP contribution in [0.4, 0.5) is 0 Å². The molecule has 0 radical (unpaired) electrons. The van der Waals surface area contributed by atoms with E-state index >= 15 is 0 Å². The first-order chi connectivity index (χ1) is 16.8. The Morgan fingerprint density at radius 2 is 1.80 bits per heavy atom.